The molecule has 0 aliphatic carbocycles. The van der Waals surface area contributed by atoms with E-state index in [1.54, 1.807) is 24.5 Å². The van der Waals surface area contributed by atoms with Crippen molar-refractivity contribution in [3.8, 4) is 5.75 Å². The Hall–Kier alpha value is -1.69. The molecule has 0 saturated carbocycles. The summed E-state index contributed by atoms with van der Waals surface area (Å²) >= 11 is 11.9. The summed E-state index contributed by atoms with van der Waals surface area (Å²) < 4.78 is 10.9. The van der Waals surface area contributed by atoms with Crippen LogP contribution in [-0.2, 0) is 4.79 Å². The number of amides is 1. The van der Waals surface area contributed by atoms with E-state index in [-0.39, 0.29) is 25.0 Å². The zero-order valence-corrected chi connectivity index (χ0v) is 15.1. The summed E-state index contributed by atoms with van der Waals surface area (Å²) in [6, 6.07) is 8.84. The van der Waals surface area contributed by atoms with Crippen LogP contribution < -0.4 is 10.1 Å². The quantitative estimate of drug-likeness (QED) is 0.768. The highest BCUT2D eigenvalue weighted by Crippen LogP contribution is 2.31. The molecule has 1 aromatic carbocycles. The summed E-state index contributed by atoms with van der Waals surface area (Å²) in [4.78, 5) is 14.0. The summed E-state index contributed by atoms with van der Waals surface area (Å²) in [6.45, 7) is 0.677. The molecular weight excluding hydrogens is 351 g/mol. The summed E-state index contributed by atoms with van der Waals surface area (Å²) in [7, 11) is 3.87. The second kappa shape index (κ2) is 8.97. The van der Waals surface area contributed by atoms with Crippen molar-refractivity contribution in [2.24, 2.45) is 0 Å². The molecule has 1 amide bonds. The van der Waals surface area contributed by atoms with Gasteiger partial charge in [-0.25, -0.2) is 0 Å². The van der Waals surface area contributed by atoms with Crippen LogP contribution in [0.15, 0.2) is 41.0 Å². The van der Waals surface area contributed by atoms with Gasteiger partial charge in [0.1, 0.15) is 16.5 Å². The van der Waals surface area contributed by atoms with E-state index >= 15 is 0 Å². The topological polar surface area (TPSA) is 54.7 Å². The van der Waals surface area contributed by atoms with Gasteiger partial charge in [-0.3, -0.25) is 9.69 Å². The van der Waals surface area contributed by atoms with Crippen LogP contribution in [0.3, 0.4) is 0 Å². The second-order valence-corrected chi connectivity index (χ2v) is 6.23. The SMILES string of the molecule is CN(C)C(CNC(=O)CCOc1cccc(Cl)c1Cl)c1ccco1. The molecule has 1 aromatic heterocycles. The van der Waals surface area contributed by atoms with E-state index in [9.17, 15) is 4.79 Å². The largest absolute Gasteiger partial charge is 0.491 e. The van der Waals surface area contributed by atoms with Crippen LogP contribution in [0.2, 0.25) is 10.0 Å². The zero-order valence-electron chi connectivity index (χ0n) is 13.6. The number of furan rings is 1. The average Bonchev–Trinajstić information content (AvgIpc) is 3.05. The summed E-state index contributed by atoms with van der Waals surface area (Å²) in [5.74, 6) is 1.17. The van der Waals surface area contributed by atoms with Crippen molar-refractivity contribution in [3.05, 3.63) is 52.4 Å². The van der Waals surface area contributed by atoms with Gasteiger partial charge < -0.3 is 14.5 Å². The van der Waals surface area contributed by atoms with E-state index in [2.05, 4.69) is 5.32 Å². The minimum atomic E-state index is -0.105. The molecule has 0 aliphatic heterocycles. The molecular formula is C17H20Cl2N2O3. The number of rotatable bonds is 8. The Bertz CT molecular complexity index is 660. The van der Waals surface area contributed by atoms with Crippen molar-refractivity contribution in [3.63, 3.8) is 0 Å². The van der Waals surface area contributed by atoms with E-state index in [0.717, 1.165) is 5.76 Å². The normalized spacial score (nSPS) is 12.2. The Labute approximate surface area is 151 Å². The standard InChI is InChI=1S/C17H20Cl2N2O3/c1-21(2)13(14-7-4-9-23-14)11-20-16(22)8-10-24-15-6-3-5-12(18)17(15)19/h3-7,9,13H,8,10-11H2,1-2H3,(H,20,22). The lowest BCUT2D eigenvalue weighted by atomic mass is 10.2. The molecule has 1 heterocycles. The molecule has 7 heteroatoms. The van der Waals surface area contributed by atoms with E-state index in [0.29, 0.717) is 22.3 Å². The number of ether oxygens (including phenoxy) is 1. The number of hydrogen-bond acceptors (Lipinski definition) is 4. The third-order valence-corrected chi connectivity index (χ3v) is 4.29. The van der Waals surface area contributed by atoms with Gasteiger partial charge in [-0.1, -0.05) is 29.3 Å². The molecule has 24 heavy (non-hydrogen) atoms. The molecule has 2 rings (SSSR count). The van der Waals surface area contributed by atoms with Crippen LogP contribution in [0.5, 0.6) is 5.75 Å². The molecule has 1 atom stereocenters. The fourth-order valence-electron chi connectivity index (χ4n) is 2.17. The molecule has 0 saturated heterocycles. The predicted octanol–water partition coefficient (Wildman–Crippen LogP) is 3.77. The zero-order chi connectivity index (χ0) is 17.5. The van der Waals surface area contributed by atoms with Gasteiger partial charge in [-0.15, -0.1) is 0 Å². The summed E-state index contributed by atoms with van der Waals surface area (Å²) in [6.07, 6.45) is 1.84. The molecule has 1 N–H and O–H groups in total. The molecule has 0 fully saturated rings. The van der Waals surface area contributed by atoms with Crippen LogP contribution in [-0.4, -0.2) is 38.1 Å². The lowest BCUT2D eigenvalue weighted by molar-refractivity contribution is -0.121. The molecule has 0 aliphatic rings. The third kappa shape index (κ3) is 5.16. The maximum absolute atomic E-state index is 12.0. The second-order valence-electron chi connectivity index (χ2n) is 5.45. The maximum atomic E-state index is 12.0. The van der Waals surface area contributed by atoms with Crippen molar-refractivity contribution in [2.75, 3.05) is 27.2 Å². The van der Waals surface area contributed by atoms with Gasteiger partial charge in [-0.2, -0.15) is 0 Å². The number of benzene rings is 1. The van der Waals surface area contributed by atoms with Crippen LogP contribution in [0.4, 0.5) is 0 Å². The maximum Gasteiger partial charge on any atom is 0.223 e. The lowest BCUT2D eigenvalue weighted by Gasteiger charge is -2.22. The molecule has 5 nitrogen and oxygen atoms in total. The van der Waals surface area contributed by atoms with Crippen molar-refractivity contribution in [2.45, 2.75) is 12.5 Å². The van der Waals surface area contributed by atoms with Crippen molar-refractivity contribution in [1.82, 2.24) is 10.2 Å². The van der Waals surface area contributed by atoms with Crippen LogP contribution in [0.25, 0.3) is 0 Å². The first-order valence-electron chi connectivity index (χ1n) is 7.52. The molecule has 2 aromatic rings. The minimum Gasteiger partial charge on any atom is -0.491 e. The first-order valence-corrected chi connectivity index (χ1v) is 8.28. The molecule has 1 unspecified atom stereocenters. The number of nitrogens with one attached hydrogen (secondary N) is 1. The average molecular weight is 371 g/mol. The van der Waals surface area contributed by atoms with Gasteiger partial charge in [0.15, 0.2) is 0 Å². The van der Waals surface area contributed by atoms with Crippen molar-refractivity contribution >= 4 is 29.1 Å². The van der Waals surface area contributed by atoms with Gasteiger partial charge in [0.05, 0.1) is 30.4 Å². The number of hydrogen-bond donors (Lipinski definition) is 1. The van der Waals surface area contributed by atoms with Gasteiger partial charge in [0, 0.05) is 6.54 Å². The van der Waals surface area contributed by atoms with Gasteiger partial charge in [-0.05, 0) is 38.4 Å². The van der Waals surface area contributed by atoms with E-state index in [1.165, 1.54) is 0 Å². The Morgan fingerprint density at radius 2 is 2.08 bits per heavy atom. The fraction of sp³-hybridized carbons (Fsp3) is 0.353. The van der Waals surface area contributed by atoms with Gasteiger partial charge in [0.25, 0.3) is 0 Å². The Morgan fingerprint density at radius 3 is 2.75 bits per heavy atom. The monoisotopic (exact) mass is 370 g/mol. The molecule has 0 bridgehead atoms. The highest BCUT2D eigenvalue weighted by atomic mass is 35.5. The van der Waals surface area contributed by atoms with Crippen LogP contribution in [0, 0.1) is 0 Å². The van der Waals surface area contributed by atoms with Crippen molar-refractivity contribution < 1.29 is 13.9 Å². The first kappa shape index (κ1) is 18.6. The lowest BCUT2D eigenvalue weighted by Crippen LogP contribution is -2.34. The van der Waals surface area contributed by atoms with Gasteiger partial charge in [0.2, 0.25) is 5.91 Å². The molecule has 130 valence electrons. The predicted molar refractivity (Wildman–Crippen MR) is 94.7 cm³/mol. The Balaban J connectivity index is 1.78. The van der Waals surface area contributed by atoms with E-state index in [4.69, 9.17) is 32.4 Å². The number of nitrogens with zero attached hydrogens (tertiary/aromatic N) is 1. The number of halogens is 2. The van der Waals surface area contributed by atoms with Crippen LogP contribution in [0.1, 0.15) is 18.2 Å². The van der Waals surface area contributed by atoms with Gasteiger partial charge >= 0.3 is 0 Å². The summed E-state index contributed by atoms with van der Waals surface area (Å²) in [5, 5.41) is 3.66. The fourth-order valence-corrected chi connectivity index (χ4v) is 2.51. The molecule has 0 radical (unpaired) electrons. The first-order chi connectivity index (χ1) is 11.5. The highest BCUT2D eigenvalue weighted by Gasteiger charge is 2.17. The smallest absolute Gasteiger partial charge is 0.223 e. The minimum absolute atomic E-state index is 0.0211. The number of carbonyl (C=O) groups excluding carboxylic acids is 1. The Morgan fingerprint density at radius 1 is 1.29 bits per heavy atom. The third-order valence-electron chi connectivity index (χ3n) is 3.49. The molecule has 0 spiro atoms. The van der Waals surface area contributed by atoms with Crippen molar-refractivity contribution in [1.29, 1.82) is 0 Å². The number of likely N-dealkylation sites (N-methyl/N-ethyl adjacent to an activating group) is 1. The van der Waals surface area contributed by atoms with Crippen LogP contribution >= 0.6 is 23.2 Å². The van der Waals surface area contributed by atoms with E-state index < -0.39 is 0 Å². The highest BCUT2D eigenvalue weighted by molar-refractivity contribution is 6.42. The number of carbonyl (C=O) groups is 1. The Kier molecular flexibility index (Phi) is 6.97. The summed E-state index contributed by atoms with van der Waals surface area (Å²) in [5.41, 5.74) is 0. The van der Waals surface area contributed by atoms with E-state index in [1.807, 2.05) is 31.1 Å².